The highest BCUT2D eigenvalue weighted by Crippen LogP contribution is 2.32. The molecule has 3 rings (SSSR count). The highest BCUT2D eigenvalue weighted by atomic mass is 16.5. The maximum atomic E-state index is 12.4. The summed E-state index contributed by atoms with van der Waals surface area (Å²) in [7, 11) is 1.62. The van der Waals surface area contributed by atoms with Crippen molar-refractivity contribution in [3.8, 4) is 17.2 Å². The third-order valence-electron chi connectivity index (χ3n) is 4.46. The number of hydrogen-bond acceptors (Lipinski definition) is 4. The van der Waals surface area contributed by atoms with Crippen LogP contribution in [0.3, 0.4) is 0 Å². The highest BCUT2D eigenvalue weighted by Gasteiger charge is 2.22. The van der Waals surface area contributed by atoms with Crippen molar-refractivity contribution in [3.05, 3.63) is 53.6 Å². The first kappa shape index (κ1) is 18.1. The Morgan fingerprint density at radius 2 is 2.08 bits per heavy atom. The van der Waals surface area contributed by atoms with E-state index in [1.807, 2.05) is 49.4 Å². The van der Waals surface area contributed by atoms with Crippen LogP contribution in [-0.4, -0.2) is 26.2 Å². The second-order valence-corrected chi connectivity index (χ2v) is 6.21. The quantitative estimate of drug-likeness (QED) is 0.823. The molecular formula is C21H25NO4. The first-order valence-corrected chi connectivity index (χ1v) is 9.02. The van der Waals surface area contributed by atoms with Gasteiger partial charge in [0.1, 0.15) is 5.75 Å². The van der Waals surface area contributed by atoms with Gasteiger partial charge in [-0.05, 0) is 37.1 Å². The van der Waals surface area contributed by atoms with Crippen LogP contribution in [0.1, 0.15) is 36.9 Å². The molecule has 0 aliphatic carbocycles. The Hall–Kier alpha value is -2.69. The Bertz CT molecular complexity index is 759. The molecule has 26 heavy (non-hydrogen) atoms. The van der Waals surface area contributed by atoms with E-state index in [1.165, 1.54) is 0 Å². The molecule has 0 saturated carbocycles. The normalized spacial score (nSPS) is 15.5. The summed E-state index contributed by atoms with van der Waals surface area (Å²) in [5, 5.41) is 3.13. The summed E-state index contributed by atoms with van der Waals surface area (Å²) in [4.78, 5) is 12.4. The lowest BCUT2D eigenvalue weighted by Crippen LogP contribution is -2.32. The number of ether oxygens (including phenoxy) is 3. The zero-order chi connectivity index (χ0) is 18.4. The minimum absolute atomic E-state index is 0.0160. The predicted octanol–water partition coefficient (Wildman–Crippen LogP) is 3.67. The van der Waals surface area contributed by atoms with E-state index in [0.29, 0.717) is 31.8 Å². The number of aryl methyl sites for hydroxylation is 1. The Morgan fingerprint density at radius 3 is 2.88 bits per heavy atom. The average molecular weight is 355 g/mol. The highest BCUT2D eigenvalue weighted by molar-refractivity contribution is 5.77. The van der Waals surface area contributed by atoms with E-state index in [0.717, 1.165) is 29.0 Å². The number of para-hydroxylation sites is 1. The van der Waals surface area contributed by atoms with Crippen LogP contribution in [0.4, 0.5) is 0 Å². The molecule has 0 aromatic heterocycles. The zero-order valence-electron chi connectivity index (χ0n) is 15.3. The number of hydrogen-bond donors (Lipinski definition) is 1. The van der Waals surface area contributed by atoms with E-state index >= 15 is 0 Å². The number of rotatable bonds is 7. The second kappa shape index (κ2) is 8.61. The van der Waals surface area contributed by atoms with Gasteiger partial charge in [0.25, 0.3) is 0 Å². The molecule has 0 saturated heterocycles. The van der Waals surface area contributed by atoms with Crippen LogP contribution < -0.4 is 19.5 Å². The first-order valence-electron chi connectivity index (χ1n) is 9.02. The van der Waals surface area contributed by atoms with Gasteiger partial charge < -0.3 is 19.5 Å². The van der Waals surface area contributed by atoms with E-state index in [-0.39, 0.29) is 11.9 Å². The van der Waals surface area contributed by atoms with Crippen molar-refractivity contribution in [2.75, 3.05) is 20.3 Å². The molecule has 1 amide bonds. The molecule has 1 unspecified atom stereocenters. The van der Waals surface area contributed by atoms with Crippen molar-refractivity contribution < 1.29 is 19.0 Å². The van der Waals surface area contributed by atoms with Crippen LogP contribution in [0.15, 0.2) is 42.5 Å². The smallest absolute Gasteiger partial charge is 0.220 e. The van der Waals surface area contributed by atoms with Crippen LogP contribution in [0.25, 0.3) is 0 Å². The minimum atomic E-state index is 0.0160. The van der Waals surface area contributed by atoms with Crippen LogP contribution in [0.2, 0.25) is 0 Å². The van der Waals surface area contributed by atoms with E-state index < -0.39 is 0 Å². The largest absolute Gasteiger partial charge is 0.493 e. The molecule has 1 heterocycles. The Kier molecular flexibility index (Phi) is 6.00. The van der Waals surface area contributed by atoms with Crippen LogP contribution in [0.5, 0.6) is 17.2 Å². The van der Waals surface area contributed by atoms with Gasteiger partial charge in [0, 0.05) is 18.4 Å². The monoisotopic (exact) mass is 355 g/mol. The topological polar surface area (TPSA) is 56.8 Å². The number of fused-ring (bicyclic) bond motifs is 1. The van der Waals surface area contributed by atoms with E-state index in [9.17, 15) is 4.79 Å². The minimum Gasteiger partial charge on any atom is -0.493 e. The number of carbonyl (C=O) groups excluding carboxylic acids is 1. The van der Waals surface area contributed by atoms with Gasteiger partial charge >= 0.3 is 0 Å². The van der Waals surface area contributed by atoms with Crippen molar-refractivity contribution in [1.82, 2.24) is 5.32 Å². The summed E-state index contributed by atoms with van der Waals surface area (Å²) in [6.07, 6.45) is 1.87. The molecule has 1 atom stereocenters. The number of amides is 1. The Labute approximate surface area is 154 Å². The Morgan fingerprint density at radius 1 is 1.23 bits per heavy atom. The zero-order valence-corrected chi connectivity index (χ0v) is 15.3. The van der Waals surface area contributed by atoms with E-state index in [2.05, 4.69) is 5.32 Å². The first-order chi connectivity index (χ1) is 12.7. The van der Waals surface area contributed by atoms with E-state index in [1.54, 1.807) is 7.11 Å². The second-order valence-electron chi connectivity index (χ2n) is 6.21. The van der Waals surface area contributed by atoms with Gasteiger partial charge in [-0.2, -0.15) is 0 Å². The fourth-order valence-corrected chi connectivity index (χ4v) is 3.16. The maximum absolute atomic E-state index is 12.4. The average Bonchev–Trinajstić information content (AvgIpc) is 2.67. The molecule has 0 radical (unpaired) electrons. The van der Waals surface area contributed by atoms with Gasteiger partial charge in [0.15, 0.2) is 11.5 Å². The number of methoxy groups -OCH3 is 1. The lowest BCUT2D eigenvalue weighted by molar-refractivity contribution is -0.122. The lowest BCUT2D eigenvalue weighted by atomic mass is 10.00. The van der Waals surface area contributed by atoms with Crippen molar-refractivity contribution in [3.63, 3.8) is 0 Å². The van der Waals surface area contributed by atoms with Gasteiger partial charge in [-0.3, -0.25) is 4.79 Å². The standard InChI is InChI=1S/C21H25NO4/c1-3-25-19-10-8-15(14-20(19)24-2)9-11-21(23)22-17-12-13-26-18-7-5-4-6-16(17)18/h4-8,10,14,17H,3,9,11-13H2,1-2H3,(H,22,23). The van der Waals surface area contributed by atoms with E-state index in [4.69, 9.17) is 14.2 Å². The van der Waals surface area contributed by atoms with Gasteiger partial charge in [0.05, 0.1) is 26.4 Å². The molecule has 138 valence electrons. The SMILES string of the molecule is CCOc1ccc(CCC(=O)NC2CCOc3ccccc32)cc1OC. The van der Waals surface area contributed by atoms with Crippen molar-refractivity contribution in [2.24, 2.45) is 0 Å². The van der Waals surface area contributed by atoms with Crippen LogP contribution in [-0.2, 0) is 11.2 Å². The summed E-state index contributed by atoms with van der Waals surface area (Å²) in [6.45, 7) is 3.15. The molecule has 0 bridgehead atoms. The van der Waals surface area contributed by atoms with Crippen LogP contribution in [0, 0.1) is 0 Å². The lowest BCUT2D eigenvalue weighted by Gasteiger charge is -2.26. The molecule has 1 aliphatic heterocycles. The molecule has 1 N–H and O–H groups in total. The van der Waals surface area contributed by atoms with Gasteiger partial charge in [-0.1, -0.05) is 24.3 Å². The molecular weight excluding hydrogens is 330 g/mol. The maximum Gasteiger partial charge on any atom is 0.220 e. The summed E-state index contributed by atoms with van der Waals surface area (Å²) in [6, 6.07) is 13.7. The molecule has 1 aliphatic rings. The summed E-state index contributed by atoms with van der Waals surface area (Å²) in [5.74, 6) is 2.32. The summed E-state index contributed by atoms with van der Waals surface area (Å²) >= 11 is 0. The third kappa shape index (κ3) is 4.28. The number of carbonyl (C=O) groups is 1. The Balaban J connectivity index is 1.58. The van der Waals surface area contributed by atoms with Crippen LogP contribution >= 0.6 is 0 Å². The number of benzene rings is 2. The van der Waals surface area contributed by atoms with Gasteiger partial charge in [-0.25, -0.2) is 0 Å². The molecule has 2 aromatic carbocycles. The summed E-state index contributed by atoms with van der Waals surface area (Å²) in [5.41, 5.74) is 2.10. The number of nitrogens with one attached hydrogen (secondary N) is 1. The fraction of sp³-hybridized carbons (Fsp3) is 0.381. The van der Waals surface area contributed by atoms with Gasteiger partial charge in [-0.15, -0.1) is 0 Å². The molecule has 5 nitrogen and oxygen atoms in total. The molecule has 2 aromatic rings. The third-order valence-corrected chi connectivity index (χ3v) is 4.46. The molecule has 0 spiro atoms. The van der Waals surface area contributed by atoms with Crippen molar-refractivity contribution in [2.45, 2.75) is 32.2 Å². The molecule has 0 fully saturated rings. The molecule has 5 heteroatoms. The van der Waals surface area contributed by atoms with Crippen molar-refractivity contribution >= 4 is 5.91 Å². The van der Waals surface area contributed by atoms with Crippen molar-refractivity contribution in [1.29, 1.82) is 0 Å². The summed E-state index contributed by atoms with van der Waals surface area (Å²) < 4.78 is 16.5. The fourth-order valence-electron chi connectivity index (χ4n) is 3.16. The predicted molar refractivity (Wildman–Crippen MR) is 99.9 cm³/mol. The van der Waals surface area contributed by atoms with Gasteiger partial charge in [0.2, 0.25) is 5.91 Å².